The van der Waals surface area contributed by atoms with Crippen molar-refractivity contribution in [1.82, 2.24) is 15.2 Å². The number of nitrogens with zero attached hydrogens (tertiary/aromatic N) is 2. The summed E-state index contributed by atoms with van der Waals surface area (Å²) in [6.07, 6.45) is 2.73. The van der Waals surface area contributed by atoms with Gasteiger partial charge in [0.25, 0.3) is 5.91 Å². The van der Waals surface area contributed by atoms with Gasteiger partial charge in [-0.1, -0.05) is 15.9 Å². The van der Waals surface area contributed by atoms with E-state index in [4.69, 9.17) is 0 Å². The molecule has 0 unspecified atom stereocenters. The maximum absolute atomic E-state index is 13.9. The van der Waals surface area contributed by atoms with Crippen LogP contribution in [0.4, 0.5) is 20.7 Å². The van der Waals surface area contributed by atoms with Gasteiger partial charge < -0.3 is 20.6 Å². The Morgan fingerprint density at radius 3 is 2.39 bits per heavy atom. The Labute approximate surface area is 201 Å². The number of halogens is 2. The van der Waals surface area contributed by atoms with E-state index in [0.29, 0.717) is 25.7 Å². The molecule has 1 aromatic carbocycles. The second-order valence-electron chi connectivity index (χ2n) is 9.49. The van der Waals surface area contributed by atoms with Gasteiger partial charge in [-0.25, -0.2) is 14.2 Å². The van der Waals surface area contributed by atoms with Crippen LogP contribution in [-0.4, -0.2) is 44.6 Å². The van der Waals surface area contributed by atoms with Crippen molar-refractivity contribution in [2.75, 3.05) is 5.32 Å². The predicted molar refractivity (Wildman–Crippen MR) is 129 cm³/mol. The molecule has 2 aromatic rings. The molecule has 0 saturated heterocycles. The molecule has 0 radical (unpaired) electrons. The molecule has 9 heteroatoms. The van der Waals surface area contributed by atoms with Crippen LogP contribution in [0.3, 0.4) is 0 Å². The van der Waals surface area contributed by atoms with E-state index in [1.54, 1.807) is 0 Å². The predicted octanol–water partition coefficient (Wildman–Crippen LogP) is 5.85. The Kier molecular flexibility index (Phi) is 7.62. The SMILES string of the molecule is Cc1cc(Br)cc(Nc2ncc(F)cc2C(=O)NC2CCC(N(C(=O)O)C(C)(C)C)CC2)c1. The largest absolute Gasteiger partial charge is 0.465 e. The van der Waals surface area contributed by atoms with E-state index >= 15 is 0 Å². The molecule has 0 atom stereocenters. The highest BCUT2D eigenvalue weighted by Gasteiger charge is 2.36. The van der Waals surface area contributed by atoms with E-state index in [1.807, 2.05) is 45.9 Å². The number of benzene rings is 1. The highest BCUT2D eigenvalue weighted by atomic mass is 79.9. The zero-order valence-electron chi connectivity index (χ0n) is 19.3. The molecule has 1 heterocycles. The van der Waals surface area contributed by atoms with E-state index in [2.05, 4.69) is 31.5 Å². The van der Waals surface area contributed by atoms with Crippen molar-refractivity contribution in [2.45, 2.75) is 71.0 Å². The Morgan fingerprint density at radius 2 is 1.82 bits per heavy atom. The third-order valence-electron chi connectivity index (χ3n) is 5.73. The number of carboxylic acid groups (broad SMARTS) is 1. The van der Waals surface area contributed by atoms with Crippen LogP contribution in [0.5, 0.6) is 0 Å². The Hall–Kier alpha value is -2.68. The van der Waals surface area contributed by atoms with Gasteiger partial charge in [-0.05, 0) is 83.2 Å². The van der Waals surface area contributed by atoms with Gasteiger partial charge in [-0.2, -0.15) is 0 Å². The summed E-state index contributed by atoms with van der Waals surface area (Å²) < 4.78 is 14.8. The molecular weight excluding hydrogens is 491 g/mol. The summed E-state index contributed by atoms with van der Waals surface area (Å²) >= 11 is 3.45. The monoisotopic (exact) mass is 520 g/mol. The topological polar surface area (TPSA) is 94.6 Å². The number of nitrogens with one attached hydrogen (secondary N) is 2. The molecule has 7 nitrogen and oxygen atoms in total. The van der Waals surface area contributed by atoms with Crippen molar-refractivity contribution in [1.29, 1.82) is 0 Å². The first-order chi connectivity index (χ1) is 15.4. The number of anilines is 2. The van der Waals surface area contributed by atoms with E-state index in [-0.39, 0.29) is 23.5 Å². The summed E-state index contributed by atoms with van der Waals surface area (Å²) in [6, 6.07) is 6.68. The highest BCUT2D eigenvalue weighted by molar-refractivity contribution is 9.10. The number of aryl methyl sites for hydroxylation is 1. The van der Waals surface area contributed by atoms with Gasteiger partial charge in [-0.3, -0.25) is 4.79 Å². The minimum Gasteiger partial charge on any atom is -0.465 e. The number of hydrogen-bond acceptors (Lipinski definition) is 4. The molecule has 2 amide bonds. The van der Waals surface area contributed by atoms with Gasteiger partial charge in [-0.15, -0.1) is 0 Å². The minimum absolute atomic E-state index is 0.0940. The molecule has 33 heavy (non-hydrogen) atoms. The van der Waals surface area contributed by atoms with Crippen LogP contribution in [0.2, 0.25) is 0 Å². The fourth-order valence-electron chi connectivity index (χ4n) is 4.39. The Morgan fingerprint density at radius 1 is 1.15 bits per heavy atom. The zero-order chi connectivity index (χ0) is 24.3. The molecule has 1 aliphatic rings. The van der Waals surface area contributed by atoms with Crippen LogP contribution >= 0.6 is 15.9 Å². The molecule has 1 aliphatic carbocycles. The quantitative estimate of drug-likeness (QED) is 0.459. The van der Waals surface area contributed by atoms with Crippen LogP contribution in [0.15, 0.2) is 34.9 Å². The summed E-state index contributed by atoms with van der Waals surface area (Å²) in [5, 5.41) is 15.7. The lowest BCUT2D eigenvalue weighted by molar-refractivity contribution is 0.0520. The fourth-order valence-corrected chi connectivity index (χ4v) is 5.00. The van der Waals surface area contributed by atoms with Gasteiger partial charge in [0, 0.05) is 27.8 Å². The molecule has 1 fully saturated rings. The van der Waals surface area contributed by atoms with E-state index in [0.717, 1.165) is 21.9 Å². The number of aromatic nitrogens is 1. The van der Waals surface area contributed by atoms with Crippen LogP contribution in [0, 0.1) is 12.7 Å². The first-order valence-corrected chi connectivity index (χ1v) is 11.8. The van der Waals surface area contributed by atoms with Crippen molar-refractivity contribution in [3.05, 3.63) is 51.9 Å². The van der Waals surface area contributed by atoms with E-state index in [1.165, 1.54) is 11.0 Å². The lowest BCUT2D eigenvalue weighted by Gasteiger charge is -2.42. The summed E-state index contributed by atoms with van der Waals surface area (Å²) in [5.74, 6) is -0.738. The van der Waals surface area contributed by atoms with E-state index < -0.39 is 23.4 Å². The second-order valence-corrected chi connectivity index (χ2v) is 10.4. The van der Waals surface area contributed by atoms with Crippen LogP contribution in [0.25, 0.3) is 0 Å². The summed E-state index contributed by atoms with van der Waals surface area (Å²) in [6.45, 7) is 7.59. The average molecular weight is 521 g/mol. The fraction of sp³-hybridized carbons (Fsp3) is 0.458. The standard InChI is InChI=1S/C24H30BrFN4O3/c1-14-9-15(25)11-18(10-14)28-21-20(12-16(26)13-27-21)22(31)29-17-5-7-19(8-6-17)30(23(32)33)24(2,3)4/h9-13,17,19H,5-8H2,1-4H3,(H,27,28)(H,29,31)(H,32,33). The maximum Gasteiger partial charge on any atom is 0.407 e. The normalized spacial score (nSPS) is 18.5. The number of rotatable bonds is 5. The van der Waals surface area contributed by atoms with Crippen LogP contribution in [0.1, 0.15) is 62.4 Å². The lowest BCUT2D eigenvalue weighted by Crippen LogP contribution is -2.53. The smallest absolute Gasteiger partial charge is 0.407 e. The first kappa shape index (κ1) is 25.0. The van der Waals surface area contributed by atoms with Crippen LogP contribution < -0.4 is 10.6 Å². The van der Waals surface area contributed by atoms with Gasteiger partial charge in [0.1, 0.15) is 11.6 Å². The van der Waals surface area contributed by atoms with Crippen LogP contribution in [-0.2, 0) is 0 Å². The minimum atomic E-state index is -0.931. The van der Waals surface area contributed by atoms with Crippen molar-refractivity contribution in [2.24, 2.45) is 0 Å². The number of carbonyl (C=O) groups excluding carboxylic acids is 1. The van der Waals surface area contributed by atoms with Gasteiger partial charge in [0.2, 0.25) is 0 Å². The molecule has 3 N–H and O–H groups in total. The summed E-state index contributed by atoms with van der Waals surface area (Å²) in [5.41, 5.74) is 1.37. The molecule has 3 rings (SSSR count). The van der Waals surface area contributed by atoms with Crippen molar-refractivity contribution < 1.29 is 19.1 Å². The highest BCUT2D eigenvalue weighted by Crippen LogP contribution is 2.29. The van der Waals surface area contributed by atoms with Crippen molar-refractivity contribution in [3.63, 3.8) is 0 Å². The second kappa shape index (κ2) is 10.1. The van der Waals surface area contributed by atoms with Crippen molar-refractivity contribution in [3.8, 4) is 0 Å². The summed E-state index contributed by atoms with van der Waals surface area (Å²) in [7, 11) is 0. The van der Waals surface area contributed by atoms with E-state index in [9.17, 15) is 19.1 Å². The maximum atomic E-state index is 13.9. The molecule has 1 aromatic heterocycles. The zero-order valence-corrected chi connectivity index (χ0v) is 20.9. The van der Waals surface area contributed by atoms with Crippen molar-refractivity contribution >= 4 is 39.4 Å². The third-order valence-corrected chi connectivity index (χ3v) is 6.19. The molecule has 0 aliphatic heterocycles. The molecule has 0 bridgehead atoms. The average Bonchev–Trinajstić information content (AvgIpc) is 2.68. The number of pyridine rings is 1. The first-order valence-electron chi connectivity index (χ1n) is 11.0. The summed E-state index contributed by atoms with van der Waals surface area (Å²) in [4.78, 5) is 30.4. The number of hydrogen-bond donors (Lipinski definition) is 3. The molecule has 0 spiro atoms. The lowest BCUT2D eigenvalue weighted by atomic mass is 9.88. The molecular formula is C24H30BrFN4O3. The Bertz CT molecular complexity index is 1010. The van der Waals surface area contributed by atoms with Gasteiger partial charge >= 0.3 is 6.09 Å². The Balaban J connectivity index is 1.70. The number of carbonyl (C=O) groups is 2. The molecule has 178 valence electrons. The molecule has 1 saturated carbocycles. The van der Waals surface area contributed by atoms with Gasteiger partial charge in [0.15, 0.2) is 0 Å². The number of amides is 2. The van der Waals surface area contributed by atoms with Gasteiger partial charge in [0.05, 0.1) is 11.8 Å². The third kappa shape index (κ3) is 6.43.